The number of hydrogen-bond donors (Lipinski definition) is 2. The van der Waals surface area contributed by atoms with Gasteiger partial charge in [-0.2, -0.15) is 10.2 Å². The summed E-state index contributed by atoms with van der Waals surface area (Å²) in [5.74, 6) is 0.506. The standard InChI is InChI=1S/C14H15Cl2N5/c1-14(2,3)11-10-12(17)18-19-13(10)21(20-11)9-5-4-7(15)6-8(9)16/h4-6H,1-3H3,(H3,17,18,19). The van der Waals surface area contributed by atoms with E-state index in [2.05, 4.69) is 36.1 Å². The molecule has 0 aliphatic rings. The van der Waals surface area contributed by atoms with Crippen molar-refractivity contribution in [3.8, 4) is 5.69 Å². The lowest BCUT2D eigenvalue weighted by Gasteiger charge is -2.15. The highest BCUT2D eigenvalue weighted by Gasteiger charge is 2.26. The quantitative estimate of drug-likeness (QED) is 0.712. The molecule has 3 N–H and O–H groups in total. The molecule has 0 spiro atoms. The molecule has 1 aromatic carbocycles. The lowest BCUT2D eigenvalue weighted by atomic mass is 9.91. The van der Waals surface area contributed by atoms with Gasteiger partial charge in [0, 0.05) is 10.4 Å². The Morgan fingerprint density at radius 1 is 1.24 bits per heavy atom. The number of anilines is 1. The Morgan fingerprint density at radius 2 is 1.95 bits per heavy atom. The molecule has 21 heavy (non-hydrogen) atoms. The van der Waals surface area contributed by atoms with Crippen LogP contribution in [0.4, 0.5) is 5.82 Å². The second-order valence-electron chi connectivity index (χ2n) is 5.94. The van der Waals surface area contributed by atoms with Crippen LogP contribution in [0, 0.1) is 0 Å². The van der Waals surface area contributed by atoms with E-state index >= 15 is 0 Å². The molecule has 0 unspecified atom stereocenters. The van der Waals surface area contributed by atoms with Crippen LogP contribution in [0.1, 0.15) is 26.5 Å². The number of rotatable bonds is 1. The summed E-state index contributed by atoms with van der Waals surface area (Å²) in [6, 6.07) is 5.26. The molecule has 0 atom stereocenters. The van der Waals surface area contributed by atoms with Crippen molar-refractivity contribution in [2.75, 3.05) is 5.73 Å². The maximum Gasteiger partial charge on any atom is 0.186 e. The number of nitrogens with zero attached hydrogens (tertiary/aromatic N) is 3. The van der Waals surface area contributed by atoms with Gasteiger partial charge < -0.3 is 5.73 Å². The number of nitrogens with one attached hydrogen (secondary N) is 1. The zero-order chi connectivity index (χ0) is 15.4. The van der Waals surface area contributed by atoms with Crippen molar-refractivity contribution in [3.63, 3.8) is 0 Å². The normalized spacial score (nSPS) is 12.2. The molecule has 0 saturated carbocycles. The van der Waals surface area contributed by atoms with Gasteiger partial charge >= 0.3 is 0 Å². The van der Waals surface area contributed by atoms with Crippen LogP contribution in [0.25, 0.3) is 16.7 Å². The van der Waals surface area contributed by atoms with Crippen molar-refractivity contribution in [3.05, 3.63) is 33.9 Å². The molecule has 3 rings (SSSR count). The number of benzene rings is 1. The highest BCUT2D eigenvalue weighted by atomic mass is 35.5. The summed E-state index contributed by atoms with van der Waals surface area (Å²) in [5.41, 5.74) is 8.08. The number of fused-ring (bicyclic) bond motifs is 1. The number of halogens is 2. The first-order chi connectivity index (χ1) is 9.79. The number of nitrogens with two attached hydrogens (primary N) is 1. The topological polar surface area (TPSA) is 72.5 Å². The van der Waals surface area contributed by atoms with E-state index in [1.807, 2.05) is 6.07 Å². The maximum absolute atomic E-state index is 6.28. The molecule has 5 nitrogen and oxygen atoms in total. The van der Waals surface area contributed by atoms with Crippen LogP contribution < -0.4 is 5.73 Å². The summed E-state index contributed by atoms with van der Waals surface area (Å²) < 4.78 is 1.70. The molecule has 0 bridgehead atoms. The molecule has 3 aromatic rings. The number of H-pyrrole nitrogens is 1. The largest absolute Gasteiger partial charge is 0.383 e. The molecule has 110 valence electrons. The van der Waals surface area contributed by atoms with Crippen molar-refractivity contribution >= 4 is 40.1 Å². The Bertz CT molecular complexity index is 826. The summed E-state index contributed by atoms with van der Waals surface area (Å²) in [6.07, 6.45) is 0. The number of aromatic amines is 1. The van der Waals surface area contributed by atoms with Crippen LogP contribution in [0.5, 0.6) is 0 Å². The molecular weight excluding hydrogens is 309 g/mol. The second kappa shape index (κ2) is 4.64. The number of hydrogen-bond acceptors (Lipinski definition) is 3. The van der Waals surface area contributed by atoms with Crippen LogP contribution >= 0.6 is 23.2 Å². The van der Waals surface area contributed by atoms with Gasteiger partial charge in [0.1, 0.15) is 5.82 Å². The maximum atomic E-state index is 6.28. The minimum atomic E-state index is -0.166. The Balaban J connectivity index is 2.34. The van der Waals surface area contributed by atoms with Gasteiger partial charge in [0.15, 0.2) is 5.65 Å². The lowest BCUT2D eigenvalue weighted by Crippen LogP contribution is -2.13. The molecular formula is C14H15Cl2N5. The molecule has 2 aromatic heterocycles. The molecule has 0 fully saturated rings. The van der Waals surface area contributed by atoms with Crippen LogP contribution in [0.2, 0.25) is 10.0 Å². The van der Waals surface area contributed by atoms with E-state index < -0.39 is 0 Å². The van der Waals surface area contributed by atoms with E-state index in [0.717, 1.165) is 11.1 Å². The Kier molecular flexibility index (Phi) is 3.15. The molecule has 2 heterocycles. The molecule has 0 aliphatic heterocycles. The average Bonchev–Trinajstić information content (AvgIpc) is 2.90. The second-order valence-corrected chi connectivity index (χ2v) is 6.79. The van der Waals surface area contributed by atoms with Crippen molar-refractivity contribution < 1.29 is 0 Å². The van der Waals surface area contributed by atoms with Crippen LogP contribution in [-0.4, -0.2) is 20.0 Å². The molecule has 7 heteroatoms. The predicted molar refractivity (Wildman–Crippen MR) is 86.3 cm³/mol. The van der Waals surface area contributed by atoms with E-state index in [-0.39, 0.29) is 5.41 Å². The fourth-order valence-corrected chi connectivity index (χ4v) is 2.76. The first-order valence-corrected chi connectivity index (χ1v) is 7.23. The zero-order valence-corrected chi connectivity index (χ0v) is 13.4. The smallest absolute Gasteiger partial charge is 0.186 e. The van der Waals surface area contributed by atoms with Gasteiger partial charge in [-0.1, -0.05) is 44.0 Å². The van der Waals surface area contributed by atoms with Gasteiger partial charge in [0.2, 0.25) is 0 Å². The van der Waals surface area contributed by atoms with E-state index in [0.29, 0.717) is 27.2 Å². The highest BCUT2D eigenvalue weighted by molar-refractivity contribution is 6.35. The highest BCUT2D eigenvalue weighted by Crippen LogP contribution is 2.34. The Hall–Kier alpha value is -1.72. The molecule has 0 amide bonds. The number of nitrogen functional groups attached to an aromatic ring is 1. The predicted octanol–water partition coefficient (Wildman–Crippen LogP) is 3.94. The molecule has 0 radical (unpaired) electrons. The van der Waals surface area contributed by atoms with E-state index in [4.69, 9.17) is 28.9 Å². The summed E-state index contributed by atoms with van der Waals surface area (Å²) in [6.45, 7) is 6.24. The first kappa shape index (κ1) is 14.2. The number of aromatic nitrogens is 4. The monoisotopic (exact) mass is 323 g/mol. The van der Waals surface area contributed by atoms with Gasteiger partial charge in [-0.15, -0.1) is 0 Å². The van der Waals surface area contributed by atoms with Gasteiger partial charge in [0.25, 0.3) is 0 Å². The van der Waals surface area contributed by atoms with E-state index in [1.165, 1.54) is 0 Å². The van der Waals surface area contributed by atoms with Crippen molar-refractivity contribution in [2.24, 2.45) is 0 Å². The van der Waals surface area contributed by atoms with E-state index in [9.17, 15) is 0 Å². The Morgan fingerprint density at radius 3 is 2.57 bits per heavy atom. The Labute approximate surface area is 132 Å². The third-order valence-corrected chi connectivity index (χ3v) is 3.80. The average molecular weight is 324 g/mol. The van der Waals surface area contributed by atoms with Gasteiger partial charge in [-0.25, -0.2) is 4.68 Å². The van der Waals surface area contributed by atoms with Crippen molar-refractivity contribution in [1.29, 1.82) is 0 Å². The fraction of sp³-hybridized carbons (Fsp3) is 0.286. The summed E-state index contributed by atoms with van der Waals surface area (Å²) in [4.78, 5) is 0. The van der Waals surface area contributed by atoms with Gasteiger partial charge in [-0.05, 0) is 18.2 Å². The van der Waals surface area contributed by atoms with Gasteiger partial charge in [-0.3, -0.25) is 5.10 Å². The summed E-state index contributed by atoms with van der Waals surface area (Å²) >= 11 is 12.2. The third-order valence-electron chi connectivity index (χ3n) is 3.26. The fourth-order valence-electron chi connectivity index (χ4n) is 2.28. The minimum Gasteiger partial charge on any atom is -0.383 e. The van der Waals surface area contributed by atoms with Crippen LogP contribution in [-0.2, 0) is 5.41 Å². The zero-order valence-electron chi connectivity index (χ0n) is 11.9. The van der Waals surface area contributed by atoms with E-state index in [1.54, 1.807) is 16.8 Å². The van der Waals surface area contributed by atoms with Crippen molar-refractivity contribution in [1.82, 2.24) is 20.0 Å². The third kappa shape index (κ3) is 2.26. The lowest BCUT2D eigenvalue weighted by molar-refractivity contribution is 0.564. The SMILES string of the molecule is CC(C)(C)c1nn(-c2ccc(Cl)cc2Cl)c2n[nH]c(N)c12. The van der Waals surface area contributed by atoms with Crippen molar-refractivity contribution in [2.45, 2.75) is 26.2 Å². The molecule has 0 saturated heterocycles. The summed E-state index contributed by atoms with van der Waals surface area (Å²) in [7, 11) is 0. The first-order valence-electron chi connectivity index (χ1n) is 6.47. The summed E-state index contributed by atoms with van der Waals surface area (Å²) in [5, 5.41) is 13.6. The minimum absolute atomic E-state index is 0.166. The van der Waals surface area contributed by atoms with Crippen LogP contribution in [0.15, 0.2) is 18.2 Å². The van der Waals surface area contributed by atoms with Gasteiger partial charge in [0.05, 0.1) is 21.8 Å². The molecule has 0 aliphatic carbocycles. The van der Waals surface area contributed by atoms with Crippen LogP contribution in [0.3, 0.4) is 0 Å².